The molecular formula is C10H14F3NO2. The van der Waals surface area contributed by atoms with Crippen molar-refractivity contribution in [3.63, 3.8) is 0 Å². The second-order valence-electron chi connectivity index (χ2n) is 3.73. The number of carbonyl (C=O) groups excluding carboxylic acids is 1. The Bertz CT molecular complexity index is 265. The first-order valence-electron chi connectivity index (χ1n) is 5.03. The maximum absolute atomic E-state index is 11.9. The third-order valence-corrected chi connectivity index (χ3v) is 2.43. The smallest absolute Gasteiger partial charge is 0.374 e. The van der Waals surface area contributed by atoms with E-state index in [1.54, 1.807) is 6.08 Å². The number of ether oxygens (including phenoxy) is 1. The molecule has 1 fully saturated rings. The maximum atomic E-state index is 11.9. The van der Waals surface area contributed by atoms with Crippen LogP contribution < -0.4 is 5.32 Å². The lowest BCUT2D eigenvalue weighted by Crippen LogP contribution is -2.42. The molecule has 1 rings (SSSR count). The van der Waals surface area contributed by atoms with Crippen molar-refractivity contribution < 1.29 is 22.7 Å². The summed E-state index contributed by atoms with van der Waals surface area (Å²) >= 11 is 0. The predicted molar refractivity (Wildman–Crippen MR) is 51.8 cm³/mol. The number of alkyl halides is 3. The predicted octanol–water partition coefficient (Wildman–Crippen LogP) is 1.79. The van der Waals surface area contributed by atoms with Gasteiger partial charge < -0.3 is 10.1 Å². The van der Waals surface area contributed by atoms with E-state index in [1.165, 1.54) is 0 Å². The molecular weight excluding hydrogens is 223 g/mol. The standard InChI is InChI=1S/C10H14F3NO2/c1-2-5-16-8-4-3-7(6-8)14-9(15)10(11,12)13/h2,7-8H,1,3-6H2,(H,14,15)/t7-,8+/m1/s1. The highest BCUT2D eigenvalue weighted by Crippen LogP contribution is 2.23. The van der Waals surface area contributed by atoms with Gasteiger partial charge in [0.25, 0.3) is 0 Å². The van der Waals surface area contributed by atoms with Crippen LogP contribution in [0.15, 0.2) is 12.7 Å². The van der Waals surface area contributed by atoms with Gasteiger partial charge in [0.05, 0.1) is 12.7 Å². The molecule has 0 heterocycles. The van der Waals surface area contributed by atoms with Crippen LogP contribution in [-0.2, 0) is 9.53 Å². The van der Waals surface area contributed by atoms with Crippen molar-refractivity contribution in [1.82, 2.24) is 5.32 Å². The van der Waals surface area contributed by atoms with E-state index < -0.39 is 18.1 Å². The van der Waals surface area contributed by atoms with E-state index in [0.717, 1.165) is 0 Å². The fourth-order valence-corrected chi connectivity index (χ4v) is 1.69. The molecule has 3 nitrogen and oxygen atoms in total. The number of hydrogen-bond acceptors (Lipinski definition) is 2. The number of nitrogens with one attached hydrogen (secondary N) is 1. The van der Waals surface area contributed by atoms with Crippen molar-refractivity contribution in [1.29, 1.82) is 0 Å². The largest absolute Gasteiger partial charge is 0.471 e. The van der Waals surface area contributed by atoms with E-state index in [1.807, 2.05) is 5.32 Å². The minimum absolute atomic E-state index is 0.0865. The normalized spacial score (nSPS) is 25.4. The Morgan fingerprint density at radius 3 is 2.75 bits per heavy atom. The molecule has 0 aliphatic heterocycles. The van der Waals surface area contributed by atoms with Crippen LogP contribution in [0.2, 0.25) is 0 Å². The molecule has 2 atom stereocenters. The number of hydrogen-bond donors (Lipinski definition) is 1. The molecule has 1 aliphatic carbocycles. The first-order valence-corrected chi connectivity index (χ1v) is 5.03. The molecule has 0 saturated heterocycles. The van der Waals surface area contributed by atoms with Gasteiger partial charge in [-0.3, -0.25) is 4.79 Å². The number of rotatable bonds is 4. The van der Waals surface area contributed by atoms with E-state index >= 15 is 0 Å². The van der Waals surface area contributed by atoms with Crippen LogP contribution in [0.1, 0.15) is 19.3 Å². The Kier molecular flexibility index (Phi) is 4.35. The zero-order chi connectivity index (χ0) is 12.2. The lowest BCUT2D eigenvalue weighted by atomic mass is 10.2. The van der Waals surface area contributed by atoms with Gasteiger partial charge in [-0.2, -0.15) is 13.2 Å². The molecule has 0 aromatic heterocycles. The molecule has 0 bridgehead atoms. The monoisotopic (exact) mass is 237 g/mol. The quantitative estimate of drug-likeness (QED) is 0.757. The van der Waals surface area contributed by atoms with Crippen LogP contribution in [-0.4, -0.2) is 30.8 Å². The van der Waals surface area contributed by atoms with E-state index in [2.05, 4.69) is 6.58 Å². The minimum atomic E-state index is -4.81. The molecule has 92 valence electrons. The Balaban J connectivity index is 2.31. The Morgan fingerprint density at radius 1 is 1.50 bits per heavy atom. The minimum Gasteiger partial charge on any atom is -0.374 e. The van der Waals surface area contributed by atoms with Gasteiger partial charge in [-0.1, -0.05) is 6.08 Å². The molecule has 1 N–H and O–H groups in total. The maximum Gasteiger partial charge on any atom is 0.471 e. The highest BCUT2D eigenvalue weighted by atomic mass is 19.4. The van der Waals surface area contributed by atoms with Crippen LogP contribution in [0.4, 0.5) is 13.2 Å². The van der Waals surface area contributed by atoms with Crippen LogP contribution in [0.5, 0.6) is 0 Å². The molecule has 1 saturated carbocycles. The fraction of sp³-hybridized carbons (Fsp3) is 0.700. The lowest BCUT2D eigenvalue weighted by molar-refractivity contribution is -0.174. The van der Waals surface area contributed by atoms with Crippen LogP contribution in [0.3, 0.4) is 0 Å². The highest BCUT2D eigenvalue weighted by molar-refractivity contribution is 5.81. The molecule has 0 aromatic carbocycles. The second-order valence-corrected chi connectivity index (χ2v) is 3.73. The Hall–Kier alpha value is -1.04. The molecule has 0 radical (unpaired) electrons. The number of carbonyl (C=O) groups is 1. The first-order chi connectivity index (χ1) is 7.43. The number of amides is 1. The molecule has 16 heavy (non-hydrogen) atoms. The van der Waals surface area contributed by atoms with Gasteiger partial charge in [0.2, 0.25) is 0 Å². The summed E-state index contributed by atoms with van der Waals surface area (Å²) in [6, 6.07) is -0.441. The van der Waals surface area contributed by atoms with Gasteiger partial charge >= 0.3 is 12.1 Å². The zero-order valence-electron chi connectivity index (χ0n) is 8.72. The summed E-state index contributed by atoms with van der Waals surface area (Å²) in [4.78, 5) is 10.6. The highest BCUT2D eigenvalue weighted by Gasteiger charge is 2.40. The zero-order valence-corrected chi connectivity index (χ0v) is 8.72. The van der Waals surface area contributed by atoms with Crippen LogP contribution in [0, 0.1) is 0 Å². The van der Waals surface area contributed by atoms with Crippen LogP contribution in [0.25, 0.3) is 0 Å². The van der Waals surface area contributed by atoms with E-state index in [9.17, 15) is 18.0 Å². The summed E-state index contributed by atoms with van der Waals surface area (Å²) in [5.74, 6) is -1.87. The van der Waals surface area contributed by atoms with Crippen molar-refractivity contribution in [2.24, 2.45) is 0 Å². The molecule has 6 heteroatoms. The lowest BCUT2D eigenvalue weighted by Gasteiger charge is -2.14. The average molecular weight is 237 g/mol. The van der Waals surface area contributed by atoms with Crippen molar-refractivity contribution in [3.8, 4) is 0 Å². The average Bonchev–Trinajstić information content (AvgIpc) is 2.61. The summed E-state index contributed by atoms with van der Waals surface area (Å²) in [5, 5.41) is 1.96. The number of halogens is 3. The molecule has 1 aliphatic rings. The van der Waals surface area contributed by atoms with E-state index in [-0.39, 0.29) is 6.10 Å². The Morgan fingerprint density at radius 2 is 2.19 bits per heavy atom. The van der Waals surface area contributed by atoms with Gasteiger partial charge in [-0.15, -0.1) is 6.58 Å². The molecule has 0 spiro atoms. The van der Waals surface area contributed by atoms with Crippen molar-refractivity contribution in [3.05, 3.63) is 12.7 Å². The summed E-state index contributed by atoms with van der Waals surface area (Å²) in [6.07, 6.45) is -1.70. The third kappa shape index (κ3) is 3.84. The molecule has 1 amide bonds. The van der Waals surface area contributed by atoms with Gasteiger partial charge in [0.1, 0.15) is 0 Å². The third-order valence-electron chi connectivity index (χ3n) is 2.43. The first kappa shape index (κ1) is 13.0. The van der Waals surface area contributed by atoms with E-state index in [0.29, 0.717) is 25.9 Å². The van der Waals surface area contributed by atoms with E-state index in [4.69, 9.17) is 4.74 Å². The van der Waals surface area contributed by atoms with Gasteiger partial charge in [-0.25, -0.2) is 0 Å². The van der Waals surface area contributed by atoms with Crippen molar-refractivity contribution in [2.75, 3.05) is 6.61 Å². The van der Waals surface area contributed by atoms with Gasteiger partial charge in [0.15, 0.2) is 0 Å². The summed E-state index contributed by atoms with van der Waals surface area (Å²) in [5.41, 5.74) is 0. The second kappa shape index (κ2) is 5.34. The fourth-order valence-electron chi connectivity index (χ4n) is 1.69. The van der Waals surface area contributed by atoms with Crippen LogP contribution >= 0.6 is 0 Å². The Labute approximate surface area is 91.6 Å². The summed E-state index contributed by atoms with van der Waals surface area (Å²) in [6.45, 7) is 3.86. The summed E-state index contributed by atoms with van der Waals surface area (Å²) < 4.78 is 41.1. The molecule has 0 unspecified atom stereocenters. The summed E-state index contributed by atoms with van der Waals surface area (Å²) in [7, 11) is 0. The van der Waals surface area contributed by atoms with Gasteiger partial charge in [0, 0.05) is 6.04 Å². The van der Waals surface area contributed by atoms with Crippen molar-refractivity contribution >= 4 is 5.91 Å². The van der Waals surface area contributed by atoms with Crippen molar-refractivity contribution in [2.45, 2.75) is 37.6 Å². The van der Waals surface area contributed by atoms with Gasteiger partial charge in [-0.05, 0) is 19.3 Å². The topological polar surface area (TPSA) is 38.3 Å². The SMILES string of the molecule is C=CCO[C@H]1CC[C@@H](NC(=O)C(F)(F)F)C1. The molecule has 0 aromatic rings.